The zero-order valence-corrected chi connectivity index (χ0v) is 14.5. The smallest absolute Gasteiger partial charge is 0.319 e. The van der Waals surface area contributed by atoms with Crippen LogP contribution in [0.1, 0.15) is 11.6 Å². The Hall–Kier alpha value is -1.75. The number of nitrogens with zero attached hydrogens (tertiary/aromatic N) is 1. The van der Waals surface area contributed by atoms with Crippen LogP contribution < -0.4 is 10.6 Å². The average Bonchev–Trinajstić information content (AvgIpc) is 2.51. The molecular formula is C17H19Cl2N3O. The molecule has 0 radical (unpaired) electrons. The number of anilines is 1. The molecule has 6 heteroatoms. The molecule has 0 aromatic heterocycles. The molecule has 2 rings (SSSR count). The number of nitrogens with one attached hydrogen (secondary N) is 2. The van der Waals surface area contributed by atoms with Crippen LogP contribution in [0.5, 0.6) is 0 Å². The van der Waals surface area contributed by atoms with Crippen LogP contribution in [0.4, 0.5) is 10.5 Å². The van der Waals surface area contributed by atoms with Gasteiger partial charge in [0.25, 0.3) is 0 Å². The summed E-state index contributed by atoms with van der Waals surface area (Å²) in [5.74, 6) is 0. The number of halogens is 2. The Balaban J connectivity index is 2.06. The van der Waals surface area contributed by atoms with E-state index in [1.54, 1.807) is 18.2 Å². The molecule has 2 N–H and O–H groups in total. The molecule has 0 fully saturated rings. The number of amides is 2. The number of hydrogen-bond acceptors (Lipinski definition) is 2. The first-order valence-electron chi connectivity index (χ1n) is 7.18. The van der Waals surface area contributed by atoms with Gasteiger partial charge in [0.2, 0.25) is 0 Å². The van der Waals surface area contributed by atoms with E-state index in [2.05, 4.69) is 10.6 Å². The van der Waals surface area contributed by atoms with E-state index in [0.29, 0.717) is 22.3 Å². The van der Waals surface area contributed by atoms with Gasteiger partial charge in [-0.25, -0.2) is 4.79 Å². The van der Waals surface area contributed by atoms with Gasteiger partial charge < -0.3 is 15.5 Å². The highest BCUT2D eigenvalue weighted by atomic mass is 35.5. The van der Waals surface area contributed by atoms with Crippen molar-refractivity contribution in [2.24, 2.45) is 0 Å². The van der Waals surface area contributed by atoms with Gasteiger partial charge in [0, 0.05) is 12.2 Å². The zero-order valence-electron chi connectivity index (χ0n) is 13.0. The number of rotatable bonds is 5. The minimum absolute atomic E-state index is 0.117. The van der Waals surface area contributed by atoms with Gasteiger partial charge in [0.05, 0.1) is 16.1 Å². The maximum absolute atomic E-state index is 12.3. The number of hydrogen-bond donors (Lipinski definition) is 2. The fraction of sp³-hybridized carbons (Fsp3) is 0.235. The van der Waals surface area contributed by atoms with Crippen LogP contribution in [0.3, 0.4) is 0 Å². The molecule has 0 bridgehead atoms. The van der Waals surface area contributed by atoms with Crippen molar-refractivity contribution in [1.29, 1.82) is 0 Å². The molecule has 0 saturated carbocycles. The minimum Gasteiger partial charge on any atom is -0.330 e. The minimum atomic E-state index is -0.293. The molecule has 122 valence electrons. The number of urea groups is 1. The molecule has 0 aliphatic rings. The Labute approximate surface area is 146 Å². The highest BCUT2D eigenvalue weighted by Crippen LogP contribution is 2.25. The molecule has 0 saturated heterocycles. The average molecular weight is 352 g/mol. The SMILES string of the molecule is CN(C)C[C@H](NC(=O)Nc1ccc(Cl)c(Cl)c1)c1ccccc1. The summed E-state index contributed by atoms with van der Waals surface area (Å²) in [6.45, 7) is 0.693. The van der Waals surface area contributed by atoms with Crippen LogP contribution in [0, 0.1) is 0 Å². The highest BCUT2D eigenvalue weighted by Gasteiger charge is 2.15. The van der Waals surface area contributed by atoms with Crippen LogP contribution in [0.25, 0.3) is 0 Å². The molecule has 1 atom stereocenters. The van der Waals surface area contributed by atoms with Crippen molar-refractivity contribution < 1.29 is 4.79 Å². The van der Waals surface area contributed by atoms with Gasteiger partial charge in [-0.2, -0.15) is 0 Å². The fourth-order valence-electron chi connectivity index (χ4n) is 2.18. The van der Waals surface area contributed by atoms with E-state index in [0.717, 1.165) is 5.56 Å². The summed E-state index contributed by atoms with van der Waals surface area (Å²) in [4.78, 5) is 14.3. The Bertz CT molecular complexity index is 662. The predicted molar refractivity (Wildman–Crippen MR) is 96.4 cm³/mol. The first kappa shape index (κ1) is 17.6. The van der Waals surface area contributed by atoms with Gasteiger partial charge in [-0.1, -0.05) is 53.5 Å². The second-order valence-electron chi connectivity index (χ2n) is 5.45. The summed E-state index contributed by atoms with van der Waals surface area (Å²) < 4.78 is 0. The van der Waals surface area contributed by atoms with Crippen molar-refractivity contribution in [2.45, 2.75) is 6.04 Å². The topological polar surface area (TPSA) is 44.4 Å². The van der Waals surface area contributed by atoms with Gasteiger partial charge in [-0.15, -0.1) is 0 Å². The van der Waals surface area contributed by atoms with Crippen molar-refractivity contribution in [1.82, 2.24) is 10.2 Å². The number of carbonyl (C=O) groups excluding carboxylic acids is 1. The van der Waals surface area contributed by atoms with Gasteiger partial charge >= 0.3 is 6.03 Å². The maximum Gasteiger partial charge on any atom is 0.319 e. The quantitative estimate of drug-likeness (QED) is 0.837. The first-order valence-corrected chi connectivity index (χ1v) is 7.93. The second-order valence-corrected chi connectivity index (χ2v) is 6.27. The lowest BCUT2D eigenvalue weighted by Crippen LogP contribution is -2.37. The Morgan fingerprint density at radius 2 is 1.78 bits per heavy atom. The molecule has 0 aliphatic carbocycles. The Morgan fingerprint density at radius 1 is 1.09 bits per heavy atom. The zero-order chi connectivity index (χ0) is 16.8. The molecule has 2 aromatic carbocycles. The van der Waals surface area contributed by atoms with E-state index in [4.69, 9.17) is 23.2 Å². The third-order valence-electron chi connectivity index (χ3n) is 3.23. The van der Waals surface area contributed by atoms with Crippen LogP contribution in [-0.4, -0.2) is 31.6 Å². The van der Waals surface area contributed by atoms with E-state index in [9.17, 15) is 4.79 Å². The van der Waals surface area contributed by atoms with Crippen LogP contribution in [0.15, 0.2) is 48.5 Å². The second kappa shape index (κ2) is 8.20. The maximum atomic E-state index is 12.3. The monoisotopic (exact) mass is 351 g/mol. The predicted octanol–water partition coefficient (Wildman–Crippen LogP) is 4.42. The third kappa shape index (κ3) is 5.43. The van der Waals surface area contributed by atoms with Crippen molar-refractivity contribution in [3.63, 3.8) is 0 Å². The summed E-state index contributed by atoms with van der Waals surface area (Å²) in [6.07, 6.45) is 0. The third-order valence-corrected chi connectivity index (χ3v) is 3.97. The molecule has 0 aliphatic heterocycles. The fourth-order valence-corrected chi connectivity index (χ4v) is 2.48. The van der Waals surface area contributed by atoms with Gasteiger partial charge in [-0.05, 0) is 37.9 Å². The van der Waals surface area contributed by atoms with E-state index in [-0.39, 0.29) is 12.1 Å². The summed E-state index contributed by atoms with van der Waals surface area (Å²) in [5, 5.41) is 6.60. The number of carbonyl (C=O) groups is 1. The first-order chi connectivity index (χ1) is 11.0. The molecule has 2 amide bonds. The summed E-state index contributed by atoms with van der Waals surface area (Å²) in [7, 11) is 3.93. The molecular weight excluding hydrogens is 333 g/mol. The van der Waals surface area contributed by atoms with Crippen molar-refractivity contribution in [3.8, 4) is 0 Å². The molecule has 0 unspecified atom stereocenters. The normalized spacial score (nSPS) is 12.0. The van der Waals surface area contributed by atoms with Gasteiger partial charge in [0.1, 0.15) is 0 Å². The van der Waals surface area contributed by atoms with Gasteiger partial charge in [0.15, 0.2) is 0 Å². The molecule has 4 nitrogen and oxygen atoms in total. The molecule has 0 heterocycles. The molecule has 2 aromatic rings. The van der Waals surface area contributed by atoms with Crippen molar-refractivity contribution in [3.05, 3.63) is 64.1 Å². The standard InChI is InChI=1S/C17H19Cl2N3O/c1-22(2)11-16(12-6-4-3-5-7-12)21-17(23)20-13-8-9-14(18)15(19)10-13/h3-10,16H,11H2,1-2H3,(H2,20,21,23)/t16-/m0/s1. The molecule has 23 heavy (non-hydrogen) atoms. The lowest BCUT2D eigenvalue weighted by Gasteiger charge is -2.23. The lowest BCUT2D eigenvalue weighted by molar-refractivity contribution is 0.244. The van der Waals surface area contributed by atoms with E-state index in [1.165, 1.54) is 0 Å². The lowest BCUT2D eigenvalue weighted by atomic mass is 10.1. The van der Waals surface area contributed by atoms with Crippen LogP contribution in [-0.2, 0) is 0 Å². The van der Waals surface area contributed by atoms with Crippen LogP contribution >= 0.6 is 23.2 Å². The van der Waals surface area contributed by atoms with Gasteiger partial charge in [-0.3, -0.25) is 0 Å². The van der Waals surface area contributed by atoms with E-state index >= 15 is 0 Å². The highest BCUT2D eigenvalue weighted by molar-refractivity contribution is 6.42. The Morgan fingerprint density at radius 3 is 2.39 bits per heavy atom. The molecule has 0 spiro atoms. The number of likely N-dealkylation sites (N-methyl/N-ethyl adjacent to an activating group) is 1. The number of benzene rings is 2. The Kier molecular flexibility index (Phi) is 6.28. The van der Waals surface area contributed by atoms with E-state index < -0.39 is 0 Å². The van der Waals surface area contributed by atoms with Crippen LogP contribution in [0.2, 0.25) is 10.0 Å². The van der Waals surface area contributed by atoms with E-state index in [1.807, 2.05) is 49.3 Å². The summed E-state index contributed by atoms with van der Waals surface area (Å²) in [6, 6.07) is 14.4. The summed E-state index contributed by atoms with van der Waals surface area (Å²) in [5.41, 5.74) is 1.64. The largest absolute Gasteiger partial charge is 0.330 e. The van der Waals surface area contributed by atoms with Crippen molar-refractivity contribution >= 4 is 34.9 Å². The van der Waals surface area contributed by atoms with Crippen molar-refractivity contribution in [2.75, 3.05) is 26.0 Å². The summed E-state index contributed by atoms with van der Waals surface area (Å²) >= 11 is 11.8.